The number of hydrogen-bond donors (Lipinski definition) is 3. The van der Waals surface area contributed by atoms with E-state index in [9.17, 15) is 38.4 Å². The first-order valence-corrected chi connectivity index (χ1v) is 29.7. The number of aromatic nitrogens is 3. The van der Waals surface area contributed by atoms with Gasteiger partial charge in [-0.05, 0) is 123 Å². The molecule has 3 aromatic carbocycles. The zero-order valence-electron chi connectivity index (χ0n) is 49.9. The molecule has 9 heterocycles. The summed E-state index contributed by atoms with van der Waals surface area (Å²) in [5, 5.41) is 8.67. The number of benzene rings is 3. The predicted octanol–water partition coefficient (Wildman–Crippen LogP) is 5.28. The summed E-state index contributed by atoms with van der Waals surface area (Å²) in [5.74, 6) is -1.49. The predicted molar refractivity (Wildman–Crippen MR) is 320 cm³/mol. The molecule has 0 spiro atoms. The maximum atomic E-state index is 13.4. The highest BCUT2D eigenvalue weighted by Gasteiger charge is 2.49. The monoisotopic (exact) mass is 1170 g/mol. The number of ether oxygens (including phenoxy) is 3. The van der Waals surface area contributed by atoms with Gasteiger partial charge in [0.1, 0.15) is 48.9 Å². The Kier molecular flexibility index (Phi) is 19.8. The van der Waals surface area contributed by atoms with Crippen LogP contribution in [0.2, 0.25) is 0 Å². The molecule has 6 aliphatic rings. The summed E-state index contributed by atoms with van der Waals surface area (Å²) < 4.78 is 22.3. The molecule has 0 aliphatic carbocycles. The molecule has 85 heavy (non-hydrogen) atoms. The third-order valence-electron chi connectivity index (χ3n) is 17.2. The Morgan fingerprint density at radius 2 is 0.765 bits per heavy atom. The van der Waals surface area contributed by atoms with Crippen LogP contribution in [0, 0.1) is 0 Å². The number of nitrogens with zero attached hydrogens (tertiary/aromatic N) is 8. The second kappa shape index (κ2) is 27.2. The fourth-order valence-electron chi connectivity index (χ4n) is 12.0. The molecule has 5 amide bonds. The van der Waals surface area contributed by atoms with Crippen LogP contribution in [0.5, 0.6) is 0 Å². The van der Waals surface area contributed by atoms with Crippen molar-refractivity contribution in [1.82, 2.24) is 48.8 Å². The van der Waals surface area contributed by atoms with Crippen LogP contribution < -0.4 is 16.4 Å². The molecule has 3 aromatic heterocycles. The van der Waals surface area contributed by atoms with Crippen molar-refractivity contribution in [3.8, 4) is 0 Å². The number of nitrogens with two attached hydrogens (primary N) is 1. The summed E-state index contributed by atoms with van der Waals surface area (Å²) >= 11 is 0. The second-order valence-corrected chi connectivity index (χ2v) is 22.6. The van der Waals surface area contributed by atoms with E-state index in [1.807, 2.05) is 133 Å². The molecule has 6 saturated heterocycles. The van der Waals surface area contributed by atoms with Crippen molar-refractivity contribution in [3.63, 3.8) is 0 Å². The van der Waals surface area contributed by atoms with E-state index < -0.39 is 48.7 Å². The highest BCUT2D eigenvalue weighted by atomic mass is 16.5. The summed E-state index contributed by atoms with van der Waals surface area (Å²) in [6, 6.07) is 24.3. The van der Waals surface area contributed by atoms with Crippen LogP contribution in [0.3, 0.4) is 0 Å². The van der Waals surface area contributed by atoms with Gasteiger partial charge in [-0.2, -0.15) is 0 Å². The zero-order chi connectivity index (χ0) is 60.8. The van der Waals surface area contributed by atoms with Crippen LogP contribution in [0.1, 0.15) is 99.9 Å². The Balaban J connectivity index is 0.000000152. The Morgan fingerprint density at radius 3 is 1.09 bits per heavy atom. The number of likely N-dealkylation sites (N-methyl/N-ethyl adjacent to an activating group) is 2. The van der Waals surface area contributed by atoms with Gasteiger partial charge in [-0.1, -0.05) is 68.4 Å². The molecule has 6 aromatic rings. The molecular weight excluding hydrogens is 1090 g/mol. The van der Waals surface area contributed by atoms with Gasteiger partial charge in [0.25, 0.3) is 17.7 Å². The number of amides is 5. The summed E-state index contributed by atoms with van der Waals surface area (Å²) in [5.41, 5.74) is 8.41. The van der Waals surface area contributed by atoms with E-state index in [4.69, 9.17) is 19.9 Å². The third kappa shape index (κ3) is 12.9. The minimum atomic E-state index is -0.695. The van der Waals surface area contributed by atoms with Gasteiger partial charge in [-0.3, -0.25) is 61.9 Å². The third-order valence-corrected chi connectivity index (χ3v) is 17.2. The fourth-order valence-corrected chi connectivity index (χ4v) is 12.0. The Bertz CT molecular complexity index is 3250. The molecule has 6 aliphatic heterocycles. The van der Waals surface area contributed by atoms with Crippen molar-refractivity contribution in [3.05, 3.63) is 110 Å². The number of carbonyl (C=O) groups is 8. The molecule has 6 fully saturated rings. The molecule has 22 heteroatoms. The SMILES string of the molecule is CC.C[C@@H](C(=O)N[C@H]1CCO[C@H]2CC[C@@H](C(=O)n3ccc4ccccc43)N2C1=O)N(C)C.C[C@@H](C(=O)N[C@H]1CCO[C@H]2CC[C@@H](C(=O)n3ccc4ccccc43)N2C1=O)N(C)C.N[C@H]1CCO[C@H]2CCC(C(=O)n3ccc4ccccc43)N2C1=O. The largest absolute Gasteiger partial charge is 0.358 e. The maximum absolute atomic E-state index is 13.4. The van der Waals surface area contributed by atoms with Crippen LogP contribution in [-0.2, 0) is 38.2 Å². The van der Waals surface area contributed by atoms with Gasteiger partial charge in [0.2, 0.25) is 29.5 Å². The normalized spacial score (nSPS) is 25.5. The minimum Gasteiger partial charge on any atom is -0.358 e. The molecule has 0 bridgehead atoms. The van der Waals surface area contributed by atoms with Gasteiger partial charge in [0, 0.05) is 47.6 Å². The lowest BCUT2D eigenvalue weighted by Gasteiger charge is -2.30. The molecule has 11 atom stereocenters. The molecular formula is C63H81N11O11. The average molecular weight is 1170 g/mol. The van der Waals surface area contributed by atoms with E-state index in [0.717, 1.165) is 32.7 Å². The van der Waals surface area contributed by atoms with Gasteiger partial charge in [-0.25, -0.2) is 0 Å². The molecule has 22 nitrogen and oxygen atoms in total. The first-order valence-electron chi connectivity index (χ1n) is 29.7. The van der Waals surface area contributed by atoms with Crippen LogP contribution in [0.25, 0.3) is 32.7 Å². The Labute approximate surface area is 495 Å². The van der Waals surface area contributed by atoms with E-state index in [1.165, 1.54) is 0 Å². The number of hydrogen-bond acceptors (Lipinski definition) is 14. The van der Waals surface area contributed by atoms with Gasteiger partial charge in [0.05, 0.1) is 54.5 Å². The lowest BCUT2D eigenvalue weighted by Crippen LogP contribution is -2.55. The topological polar surface area (TPSA) is 245 Å². The number of fused-ring (bicyclic) bond motifs is 6. The molecule has 1 unspecified atom stereocenters. The zero-order valence-corrected chi connectivity index (χ0v) is 49.9. The van der Waals surface area contributed by atoms with Crippen LogP contribution in [0.4, 0.5) is 0 Å². The number of rotatable bonds is 9. The fraction of sp³-hybridized carbons (Fsp3) is 0.492. The van der Waals surface area contributed by atoms with E-state index in [-0.39, 0.29) is 65.6 Å². The standard InChI is InChI=1S/2C22H28N4O4.C17H19N3O3.C2H6/c2*1-14(24(2)3)20(27)23-16-11-13-30-19-9-8-18(26(19)21(16)28)22(29)25-12-10-15-6-4-5-7-17(15)25;18-12-8-10-23-15-6-5-14(20(15)16(12)21)17(22)19-9-7-11-3-1-2-4-13(11)19;1-2/h2*4-7,10,12,14,16,18-19H,8-9,11,13H2,1-3H3,(H,23,27);1-4,7,9,12,14-15H,5-6,8,10,18H2;1-2H3/t2*14-,16-,18-,19-;12-,14?,15-;/m000./s1. The lowest BCUT2D eigenvalue weighted by atomic mass is 10.1. The molecule has 454 valence electrons. The number of nitrogens with one attached hydrogen (secondary N) is 2. The average Bonchev–Trinajstić information content (AvgIpc) is 2.48. The first-order chi connectivity index (χ1) is 40.9. The van der Waals surface area contributed by atoms with Crippen molar-refractivity contribution in [2.24, 2.45) is 5.73 Å². The maximum Gasteiger partial charge on any atom is 0.253 e. The van der Waals surface area contributed by atoms with Gasteiger partial charge in [0.15, 0.2) is 0 Å². The van der Waals surface area contributed by atoms with E-state index in [1.54, 1.807) is 70.6 Å². The highest BCUT2D eigenvalue weighted by Crippen LogP contribution is 2.34. The molecule has 0 saturated carbocycles. The summed E-state index contributed by atoms with van der Waals surface area (Å²) in [6.45, 7) is 8.76. The van der Waals surface area contributed by atoms with Crippen molar-refractivity contribution < 1.29 is 52.6 Å². The first kappa shape index (κ1) is 61.9. The van der Waals surface area contributed by atoms with E-state index in [0.29, 0.717) is 77.6 Å². The minimum absolute atomic E-state index is 0.0975. The van der Waals surface area contributed by atoms with E-state index in [2.05, 4.69) is 10.6 Å². The second-order valence-electron chi connectivity index (χ2n) is 22.6. The quantitative estimate of drug-likeness (QED) is 0.167. The van der Waals surface area contributed by atoms with Gasteiger partial charge < -0.3 is 45.3 Å². The van der Waals surface area contributed by atoms with Crippen LogP contribution in [-0.4, -0.2) is 200 Å². The van der Waals surface area contributed by atoms with Crippen molar-refractivity contribution in [2.75, 3.05) is 48.0 Å². The smallest absolute Gasteiger partial charge is 0.253 e. The molecule has 4 N–H and O–H groups in total. The number of para-hydroxylation sites is 3. The summed E-state index contributed by atoms with van der Waals surface area (Å²) in [4.78, 5) is 112. The van der Waals surface area contributed by atoms with Crippen LogP contribution >= 0.6 is 0 Å². The highest BCUT2D eigenvalue weighted by molar-refractivity contribution is 6.01. The Morgan fingerprint density at radius 1 is 0.459 bits per heavy atom. The lowest BCUT2D eigenvalue weighted by molar-refractivity contribution is -0.143. The van der Waals surface area contributed by atoms with Gasteiger partial charge >= 0.3 is 0 Å². The van der Waals surface area contributed by atoms with Gasteiger partial charge in [-0.15, -0.1) is 0 Å². The van der Waals surface area contributed by atoms with Crippen molar-refractivity contribution in [2.45, 2.75) is 153 Å². The van der Waals surface area contributed by atoms with E-state index >= 15 is 0 Å². The molecule has 12 rings (SSSR count). The summed E-state index contributed by atoms with van der Waals surface area (Å²) in [6.07, 6.45) is 8.94. The van der Waals surface area contributed by atoms with Crippen molar-refractivity contribution in [1.29, 1.82) is 0 Å². The number of carbonyl (C=O) groups excluding carboxylic acids is 8. The van der Waals surface area contributed by atoms with Crippen LogP contribution in [0.15, 0.2) is 110 Å². The summed E-state index contributed by atoms with van der Waals surface area (Å²) in [7, 11) is 7.26. The van der Waals surface area contributed by atoms with Crippen molar-refractivity contribution >= 4 is 80.0 Å². The molecule has 0 radical (unpaired) electrons. The Hall–Kier alpha value is -7.60.